The zero-order valence-corrected chi connectivity index (χ0v) is 22.3. The van der Waals surface area contributed by atoms with Crippen LogP contribution in [0.4, 0.5) is 11.8 Å². The van der Waals surface area contributed by atoms with Crippen molar-refractivity contribution < 1.29 is 19.0 Å². The fraction of sp³-hybridized carbons (Fsp3) is 0.538. The van der Waals surface area contributed by atoms with Crippen LogP contribution in [0.3, 0.4) is 0 Å². The van der Waals surface area contributed by atoms with E-state index in [1.807, 2.05) is 41.7 Å². The smallest absolute Gasteiger partial charge is 0.309 e. The van der Waals surface area contributed by atoms with Crippen LogP contribution < -0.4 is 14.8 Å². The molecule has 0 bridgehead atoms. The molecule has 0 aliphatic heterocycles. The van der Waals surface area contributed by atoms with Crippen molar-refractivity contribution in [1.29, 1.82) is 0 Å². The van der Waals surface area contributed by atoms with E-state index in [4.69, 9.17) is 14.2 Å². The second kappa shape index (κ2) is 11.5. The summed E-state index contributed by atoms with van der Waals surface area (Å²) in [4.78, 5) is 30.3. The number of hydrogen-bond donors (Lipinski definition) is 1. The molecule has 4 rings (SSSR count). The lowest BCUT2D eigenvalue weighted by Gasteiger charge is -2.29. The molecule has 11 heteroatoms. The van der Waals surface area contributed by atoms with Gasteiger partial charge < -0.3 is 19.5 Å². The first-order valence-electron chi connectivity index (χ1n) is 12.7. The first-order valence-corrected chi connectivity index (χ1v) is 12.7. The molecule has 1 saturated carbocycles. The summed E-state index contributed by atoms with van der Waals surface area (Å²) in [7, 11) is 1.81. The van der Waals surface area contributed by atoms with Crippen molar-refractivity contribution in [2.75, 3.05) is 5.32 Å². The summed E-state index contributed by atoms with van der Waals surface area (Å²) in [5, 5.41) is 7.57. The standard InChI is InChI=1S/C26H35N7O4/c1-15(2)35-22-10-11-27-26(31-22)32-24-20(13-29-33(24)6)23-28-14-21(17(5)30-23)37-19-9-7-8-18(12-19)25(34)36-16(3)4/h10-11,13-16,18-19H,7-9,12H2,1-6H3,(H,27,31,32)/t18?,19-/m0/s1. The number of aryl methyl sites for hydroxylation is 2. The van der Waals surface area contributed by atoms with Gasteiger partial charge in [0, 0.05) is 19.3 Å². The van der Waals surface area contributed by atoms with Gasteiger partial charge in [-0.2, -0.15) is 10.1 Å². The number of rotatable bonds is 9. The predicted octanol–water partition coefficient (Wildman–Crippen LogP) is 4.40. The van der Waals surface area contributed by atoms with Gasteiger partial charge in [-0.25, -0.2) is 15.0 Å². The first-order chi connectivity index (χ1) is 17.7. The largest absolute Gasteiger partial charge is 0.487 e. The Balaban J connectivity index is 1.48. The van der Waals surface area contributed by atoms with Crippen molar-refractivity contribution in [1.82, 2.24) is 29.7 Å². The van der Waals surface area contributed by atoms with E-state index in [9.17, 15) is 4.79 Å². The molecule has 1 fully saturated rings. The number of ether oxygens (including phenoxy) is 3. The lowest BCUT2D eigenvalue weighted by molar-refractivity contribution is -0.154. The van der Waals surface area contributed by atoms with Crippen molar-refractivity contribution in [3.63, 3.8) is 0 Å². The lowest BCUT2D eigenvalue weighted by atomic mass is 9.87. The molecule has 0 radical (unpaired) electrons. The molecule has 0 saturated heterocycles. The van der Waals surface area contributed by atoms with Crippen LogP contribution in [0.1, 0.15) is 59.1 Å². The molecule has 2 atom stereocenters. The molecule has 11 nitrogen and oxygen atoms in total. The van der Waals surface area contributed by atoms with Gasteiger partial charge in [0.05, 0.1) is 47.9 Å². The predicted molar refractivity (Wildman–Crippen MR) is 138 cm³/mol. The highest BCUT2D eigenvalue weighted by molar-refractivity contribution is 5.73. The average molecular weight is 510 g/mol. The Labute approximate surface area is 217 Å². The van der Waals surface area contributed by atoms with E-state index in [1.54, 1.807) is 29.3 Å². The molecule has 1 N–H and O–H groups in total. The minimum absolute atomic E-state index is 0.000444. The van der Waals surface area contributed by atoms with Gasteiger partial charge in [0.2, 0.25) is 11.8 Å². The maximum absolute atomic E-state index is 12.4. The first kappa shape index (κ1) is 26.3. The van der Waals surface area contributed by atoms with Gasteiger partial charge in [0.15, 0.2) is 11.6 Å². The van der Waals surface area contributed by atoms with Crippen LogP contribution in [0.25, 0.3) is 11.4 Å². The van der Waals surface area contributed by atoms with E-state index in [-0.39, 0.29) is 30.2 Å². The van der Waals surface area contributed by atoms with Crippen LogP contribution in [-0.2, 0) is 16.6 Å². The topological polar surface area (TPSA) is 126 Å². The summed E-state index contributed by atoms with van der Waals surface area (Å²) in [6, 6.07) is 1.71. The third-order valence-corrected chi connectivity index (χ3v) is 5.94. The highest BCUT2D eigenvalue weighted by Gasteiger charge is 2.30. The van der Waals surface area contributed by atoms with Crippen LogP contribution >= 0.6 is 0 Å². The second-order valence-electron chi connectivity index (χ2n) is 9.77. The lowest BCUT2D eigenvalue weighted by Crippen LogP contribution is -2.32. The molecule has 37 heavy (non-hydrogen) atoms. The molecule has 1 unspecified atom stereocenters. The van der Waals surface area contributed by atoms with Crippen molar-refractivity contribution >= 4 is 17.7 Å². The number of aromatic nitrogens is 6. The average Bonchev–Trinajstić information content (AvgIpc) is 3.20. The van der Waals surface area contributed by atoms with Crippen molar-refractivity contribution in [3.05, 3.63) is 30.4 Å². The molecule has 1 aliphatic rings. The van der Waals surface area contributed by atoms with Gasteiger partial charge in [-0.3, -0.25) is 9.48 Å². The quantitative estimate of drug-likeness (QED) is 0.415. The third-order valence-electron chi connectivity index (χ3n) is 5.94. The Kier molecular flexibility index (Phi) is 8.20. The molecule has 3 aromatic heterocycles. The molecule has 198 valence electrons. The molecular formula is C26H35N7O4. The monoisotopic (exact) mass is 509 g/mol. The minimum Gasteiger partial charge on any atom is -0.487 e. The number of nitrogens with one attached hydrogen (secondary N) is 1. The normalized spacial score (nSPS) is 17.6. The summed E-state index contributed by atoms with van der Waals surface area (Å²) >= 11 is 0. The molecule has 0 spiro atoms. The number of carbonyl (C=O) groups excluding carboxylic acids is 1. The number of carbonyl (C=O) groups is 1. The Morgan fingerprint density at radius 3 is 2.65 bits per heavy atom. The Bertz CT molecular complexity index is 1230. The Morgan fingerprint density at radius 1 is 1.11 bits per heavy atom. The van der Waals surface area contributed by atoms with Gasteiger partial charge in [-0.1, -0.05) is 0 Å². The summed E-state index contributed by atoms with van der Waals surface area (Å²) in [6.07, 6.45) is 8.05. The Hall–Kier alpha value is -3.76. The highest BCUT2D eigenvalue weighted by atomic mass is 16.5. The van der Waals surface area contributed by atoms with Crippen LogP contribution in [0.15, 0.2) is 24.7 Å². The van der Waals surface area contributed by atoms with E-state index in [1.165, 1.54) is 0 Å². The third kappa shape index (κ3) is 6.72. The number of esters is 1. The van der Waals surface area contributed by atoms with Crippen LogP contribution in [0.2, 0.25) is 0 Å². The molecule has 1 aliphatic carbocycles. The highest BCUT2D eigenvalue weighted by Crippen LogP contribution is 2.32. The van der Waals surface area contributed by atoms with E-state index < -0.39 is 0 Å². The van der Waals surface area contributed by atoms with E-state index >= 15 is 0 Å². The van der Waals surface area contributed by atoms with Gasteiger partial charge in [0.1, 0.15) is 5.82 Å². The van der Waals surface area contributed by atoms with E-state index in [0.717, 1.165) is 19.3 Å². The molecule has 3 aromatic rings. The van der Waals surface area contributed by atoms with Gasteiger partial charge in [-0.05, 0) is 60.3 Å². The molecule has 0 amide bonds. The zero-order valence-electron chi connectivity index (χ0n) is 22.3. The van der Waals surface area contributed by atoms with Crippen molar-refractivity contribution in [2.24, 2.45) is 13.0 Å². The number of nitrogens with zero attached hydrogens (tertiary/aromatic N) is 6. The van der Waals surface area contributed by atoms with Crippen molar-refractivity contribution in [3.8, 4) is 23.0 Å². The fourth-order valence-corrected chi connectivity index (χ4v) is 4.24. The summed E-state index contributed by atoms with van der Waals surface area (Å²) in [6.45, 7) is 9.49. The zero-order chi connectivity index (χ0) is 26.5. The summed E-state index contributed by atoms with van der Waals surface area (Å²) in [5.41, 5.74) is 1.40. The summed E-state index contributed by atoms with van der Waals surface area (Å²) < 4.78 is 19.0. The van der Waals surface area contributed by atoms with Gasteiger partial charge in [0.25, 0.3) is 0 Å². The minimum atomic E-state index is -0.145. The molecule has 0 aromatic carbocycles. The molecular weight excluding hydrogens is 474 g/mol. The fourth-order valence-electron chi connectivity index (χ4n) is 4.24. The van der Waals surface area contributed by atoms with Gasteiger partial charge in [-0.15, -0.1) is 0 Å². The van der Waals surface area contributed by atoms with Crippen molar-refractivity contribution in [2.45, 2.75) is 78.6 Å². The van der Waals surface area contributed by atoms with Crippen LogP contribution in [0.5, 0.6) is 11.6 Å². The summed E-state index contributed by atoms with van der Waals surface area (Å²) in [5.74, 6) is 2.32. The number of hydrogen-bond acceptors (Lipinski definition) is 10. The maximum atomic E-state index is 12.4. The van der Waals surface area contributed by atoms with Crippen LogP contribution in [-0.4, -0.2) is 54.0 Å². The van der Waals surface area contributed by atoms with Gasteiger partial charge >= 0.3 is 5.97 Å². The van der Waals surface area contributed by atoms with E-state index in [2.05, 4.69) is 30.4 Å². The SMILES string of the molecule is Cc1nc(-c2cnn(C)c2Nc2nccc(OC(C)C)n2)ncc1O[C@H]1CCCC(C(=O)OC(C)C)C1. The number of anilines is 2. The van der Waals surface area contributed by atoms with E-state index in [0.29, 0.717) is 46.9 Å². The molecule has 3 heterocycles. The Morgan fingerprint density at radius 2 is 1.92 bits per heavy atom. The van der Waals surface area contributed by atoms with Crippen LogP contribution in [0, 0.1) is 12.8 Å². The second-order valence-corrected chi connectivity index (χ2v) is 9.77. The maximum Gasteiger partial charge on any atom is 0.309 e.